The molecule has 24 heavy (non-hydrogen) atoms. The number of aliphatic hydroxyl groups is 6. The standard InChI is InChI=1S/C15H22O9/c1-2-23-14(21)8-5-7(17)3-4-15(8,22)13-12(20)11(19)10(18)9(6-16)24-13/h3-5,8-13,16-20,22H,2,6H2,1H3/t8?,9-,10-,11+,12-,13-,15?/m1/s1. The zero-order chi connectivity index (χ0) is 18.1. The second-order valence-corrected chi connectivity index (χ2v) is 5.79. The highest BCUT2D eigenvalue weighted by Crippen LogP contribution is 2.37. The molecule has 0 aromatic carbocycles. The summed E-state index contributed by atoms with van der Waals surface area (Å²) in [7, 11) is 0. The van der Waals surface area contributed by atoms with Crippen molar-refractivity contribution >= 4 is 5.97 Å². The van der Waals surface area contributed by atoms with Gasteiger partial charge in [0.15, 0.2) is 0 Å². The summed E-state index contributed by atoms with van der Waals surface area (Å²) >= 11 is 0. The molecule has 0 amide bonds. The molecule has 0 aromatic heterocycles. The van der Waals surface area contributed by atoms with Crippen LogP contribution in [0.2, 0.25) is 0 Å². The minimum atomic E-state index is -2.16. The Balaban J connectivity index is 2.38. The van der Waals surface area contributed by atoms with Gasteiger partial charge in [0.1, 0.15) is 47.8 Å². The summed E-state index contributed by atoms with van der Waals surface area (Å²) in [5.41, 5.74) is -2.16. The second-order valence-electron chi connectivity index (χ2n) is 5.79. The molecule has 2 unspecified atom stereocenters. The van der Waals surface area contributed by atoms with Crippen molar-refractivity contribution in [3.8, 4) is 0 Å². The largest absolute Gasteiger partial charge is 0.508 e. The number of ether oxygens (including phenoxy) is 2. The van der Waals surface area contributed by atoms with Gasteiger partial charge < -0.3 is 40.1 Å². The Hall–Kier alpha value is -1.49. The number of allylic oxidation sites excluding steroid dienone is 1. The number of hydrogen-bond acceptors (Lipinski definition) is 9. The van der Waals surface area contributed by atoms with Gasteiger partial charge in [0, 0.05) is 0 Å². The predicted octanol–water partition coefficient (Wildman–Crippen LogP) is -2.25. The maximum Gasteiger partial charge on any atom is 0.316 e. The molecule has 9 nitrogen and oxygen atoms in total. The van der Waals surface area contributed by atoms with Crippen LogP contribution in [0.25, 0.3) is 0 Å². The van der Waals surface area contributed by atoms with Gasteiger partial charge >= 0.3 is 5.97 Å². The molecule has 1 aliphatic heterocycles. The first-order valence-corrected chi connectivity index (χ1v) is 7.55. The molecular formula is C15H22O9. The maximum absolute atomic E-state index is 12.1. The van der Waals surface area contributed by atoms with Crippen LogP contribution >= 0.6 is 0 Å². The smallest absolute Gasteiger partial charge is 0.316 e. The fraction of sp³-hybridized carbons (Fsp3) is 0.667. The molecule has 1 fully saturated rings. The third-order valence-electron chi connectivity index (χ3n) is 4.25. The fourth-order valence-corrected chi connectivity index (χ4v) is 2.93. The van der Waals surface area contributed by atoms with Gasteiger partial charge in [0.25, 0.3) is 0 Å². The second kappa shape index (κ2) is 7.18. The van der Waals surface area contributed by atoms with Crippen LogP contribution in [0.1, 0.15) is 6.92 Å². The first kappa shape index (κ1) is 18.8. The topological polar surface area (TPSA) is 157 Å². The van der Waals surface area contributed by atoms with E-state index in [-0.39, 0.29) is 12.4 Å². The molecule has 6 N–H and O–H groups in total. The average Bonchev–Trinajstić information content (AvgIpc) is 2.55. The van der Waals surface area contributed by atoms with E-state index in [0.29, 0.717) is 0 Å². The van der Waals surface area contributed by atoms with Crippen molar-refractivity contribution in [3.63, 3.8) is 0 Å². The van der Waals surface area contributed by atoms with Gasteiger partial charge in [-0.1, -0.05) is 0 Å². The molecule has 0 bridgehead atoms. The van der Waals surface area contributed by atoms with E-state index in [1.54, 1.807) is 6.92 Å². The molecule has 9 heteroatoms. The van der Waals surface area contributed by atoms with E-state index >= 15 is 0 Å². The van der Waals surface area contributed by atoms with Crippen LogP contribution in [0, 0.1) is 5.92 Å². The summed E-state index contributed by atoms with van der Waals surface area (Å²) in [5, 5.41) is 59.7. The Kier molecular flexibility index (Phi) is 5.63. The Morgan fingerprint density at radius 2 is 1.96 bits per heavy atom. The third-order valence-corrected chi connectivity index (χ3v) is 4.25. The highest BCUT2D eigenvalue weighted by molar-refractivity contribution is 5.77. The Bertz CT molecular complexity index is 529. The minimum absolute atomic E-state index is 0.0262. The van der Waals surface area contributed by atoms with E-state index in [9.17, 15) is 35.4 Å². The zero-order valence-corrected chi connectivity index (χ0v) is 13.0. The summed E-state index contributed by atoms with van der Waals surface area (Å²) < 4.78 is 10.2. The van der Waals surface area contributed by atoms with Gasteiger partial charge in [-0.05, 0) is 25.2 Å². The third kappa shape index (κ3) is 3.18. The first-order valence-electron chi connectivity index (χ1n) is 7.55. The molecule has 2 aliphatic rings. The fourth-order valence-electron chi connectivity index (χ4n) is 2.93. The molecule has 0 radical (unpaired) electrons. The van der Waals surface area contributed by atoms with Crippen molar-refractivity contribution in [1.82, 2.24) is 0 Å². The summed E-state index contributed by atoms with van der Waals surface area (Å²) in [6.45, 7) is 0.915. The lowest BCUT2D eigenvalue weighted by atomic mass is 9.74. The highest BCUT2D eigenvalue weighted by atomic mass is 16.6. The highest BCUT2D eigenvalue weighted by Gasteiger charge is 2.56. The average molecular weight is 346 g/mol. The summed E-state index contributed by atoms with van der Waals surface area (Å²) in [4.78, 5) is 12.1. The lowest BCUT2D eigenvalue weighted by molar-refractivity contribution is -0.267. The molecule has 2 rings (SSSR count). The molecule has 7 atom stereocenters. The molecule has 1 heterocycles. The molecular weight excluding hydrogens is 324 g/mol. The van der Waals surface area contributed by atoms with Gasteiger partial charge in [-0.2, -0.15) is 0 Å². The number of esters is 1. The van der Waals surface area contributed by atoms with Gasteiger partial charge in [-0.3, -0.25) is 4.79 Å². The normalized spacial score (nSPS) is 42.5. The van der Waals surface area contributed by atoms with E-state index in [4.69, 9.17) is 9.47 Å². The van der Waals surface area contributed by atoms with Crippen LogP contribution in [-0.4, -0.2) is 85.9 Å². The van der Waals surface area contributed by atoms with Crippen molar-refractivity contribution in [2.75, 3.05) is 13.2 Å². The van der Waals surface area contributed by atoms with E-state index in [1.165, 1.54) is 0 Å². The summed E-state index contributed by atoms with van der Waals surface area (Å²) in [5.74, 6) is -2.57. The van der Waals surface area contributed by atoms with E-state index in [1.807, 2.05) is 0 Å². The molecule has 136 valence electrons. The zero-order valence-electron chi connectivity index (χ0n) is 13.0. The monoisotopic (exact) mass is 346 g/mol. The van der Waals surface area contributed by atoms with E-state index in [0.717, 1.165) is 18.2 Å². The molecule has 1 aliphatic carbocycles. The molecule has 0 spiro atoms. The Morgan fingerprint density at radius 3 is 2.54 bits per heavy atom. The minimum Gasteiger partial charge on any atom is -0.508 e. The van der Waals surface area contributed by atoms with Crippen LogP contribution in [0.5, 0.6) is 0 Å². The van der Waals surface area contributed by atoms with Gasteiger partial charge in [-0.15, -0.1) is 0 Å². The van der Waals surface area contributed by atoms with Crippen molar-refractivity contribution < 1.29 is 44.9 Å². The SMILES string of the molecule is CCOC(=O)C1C=C(O)C=CC1(O)[C@@H]1O[C@H](CO)[C@@H](O)[C@H](O)[C@H]1O. The molecule has 1 saturated heterocycles. The van der Waals surface area contributed by atoms with Crippen LogP contribution in [0.4, 0.5) is 0 Å². The molecule has 0 saturated carbocycles. The Labute approximate surface area is 138 Å². The van der Waals surface area contributed by atoms with Crippen molar-refractivity contribution in [2.24, 2.45) is 5.92 Å². The lowest BCUT2D eigenvalue weighted by Gasteiger charge is -2.47. The van der Waals surface area contributed by atoms with Crippen LogP contribution in [0.15, 0.2) is 24.0 Å². The number of carbonyl (C=O) groups is 1. The lowest BCUT2D eigenvalue weighted by Crippen LogP contribution is -2.67. The van der Waals surface area contributed by atoms with Gasteiger partial charge in [-0.25, -0.2) is 0 Å². The quantitative estimate of drug-likeness (QED) is 0.309. The maximum atomic E-state index is 12.1. The first-order chi connectivity index (χ1) is 11.3. The Morgan fingerprint density at radius 1 is 1.29 bits per heavy atom. The molecule has 0 aromatic rings. The predicted molar refractivity (Wildman–Crippen MR) is 78.7 cm³/mol. The van der Waals surface area contributed by atoms with Crippen molar-refractivity contribution in [3.05, 3.63) is 24.0 Å². The van der Waals surface area contributed by atoms with E-state index < -0.39 is 54.6 Å². The van der Waals surface area contributed by atoms with Gasteiger partial charge in [0.05, 0.1) is 13.2 Å². The van der Waals surface area contributed by atoms with E-state index in [2.05, 4.69) is 0 Å². The summed E-state index contributed by atoms with van der Waals surface area (Å²) in [6, 6.07) is 0. The number of aliphatic hydroxyl groups excluding tert-OH is 5. The van der Waals surface area contributed by atoms with Crippen LogP contribution < -0.4 is 0 Å². The van der Waals surface area contributed by atoms with Crippen LogP contribution in [-0.2, 0) is 14.3 Å². The number of hydrogen-bond donors (Lipinski definition) is 6. The van der Waals surface area contributed by atoms with Crippen molar-refractivity contribution in [2.45, 2.75) is 43.0 Å². The number of rotatable bonds is 4. The summed E-state index contributed by atoms with van der Waals surface area (Å²) in [6.07, 6.45) is -4.64. The number of carbonyl (C=O) groups excluding carboxylic acids is 1. The van der Waals surface area contributed by atoms with Gasteiger partial charge in [0.2, 0.25) is 0 Å². The van der Waals surface area contributed by atoms with Crippen molar-refractivity contribution in [1.29, 1.82) is 0 Å². The van der Waals surface area contributed by atoms with Crippen LogP contribution in [0.3, 0.4) is 0 Å².